The Morgan fingerprint density at radius 1 is 0.867 bits per heavy atom. The average Bonchev–Trinajstić information content (AvgIpc) is 1.81. The third-order valence-electron chi connectivity index (χ3n) is 0.529. The van der Waals surface area contributed by atoms with Crippen LogP contribution in [0.4, 0.5) is 0 Å². The van der Waals surface area contributed by atoms with Crippen LogP contribution in [0.1, 0.15) is 0 Å². The Kier molecular flexibility index (Phi) is 12.9. The maximum Gasteiger partial charge on any atom is 4.00 e. The first kappa shape index (κ1) is 20.6. The Morgan fingerprint density at radius 2 is 1.07 bits per heavy atom. The zero-order chi connectivity index (χ0) is 11.8. The Balaban J connectivity index is -0.000000180. The molecule has 0 N–H and O–H groups in total. The SMILES string of the molecule is N#CCP(=O)([O-])[O-].N#CCP(=O)([O-])[O-].[Zr+4]. The van der Waals surface area contributed by atoms with Crippen LogP contribution in [-0.4, -0.2) is 12.3 Å². The van der Waals surface area contributed by atoms with Crippen molar-refractivity contribution >= 4 is 15.2 Å². The zero-order valence-electron chi connectivity index (χ0n) is 7.15. The monoisotopic (exact) mass is 328 g/mol. The average molecular weight is 329 g/mol. The van der Waals surface area contributed by atoms with E-state index in [1.165, 1.54) is 12.1 Å². The van der Waals surface area contributed by atoms with Gasteiger partial charge in [0.25, 0.3) is 0 Å². The molecule has 0 saturated heterocycles. The van der Waals surface area contributed by atoms with E-state index in [9.17, 15) is 28.7 Å². The van der Waals surface area contributed by atoms with Crippen molar-refractivity contribution in [3.8, 4) is 12.1 Å². The molecule has 0 aromatic carbocycles. The summed E-state index contributed by atoms with van der Waals surface area (Å²) in [5.74, 6) is 0. The van der Waals surface area contributed by atoms with Gasteiger partial charge in [-0.3, -0.25) is 0 Å². The molecule has 0 amide bonds. The second-order valence-electron chi connectivity index (χ2n) is 1.85. The first-order valence-electron chi connectivity index (χ1n) is 2.88. The molecular formula is C4H4N2O6P2Zr. The molecule has 0 saturated carbocycles. The van der Waals surface area contributed by atoms with Gasteiger partial charge in [-0.05, 0) is 0 Å². The van der Waals surface area contributed by atoms with E-state index in [1.807, 2.05) is 0 Å². The van der Waals surface area contributed by atoms with Gasteiger partial charge >= 0.3 is 26.2 Å². The number of nitriles is 2. The van der Waals surface area contributed by atoms with Crippen molar-refractivity contribution in [1.82, 2.24) is 0 Å². The van der Waals surface area contributed by atoms with Gasteiger partial charge in [-0.15, -0.1) is 0 Å². The van der Waals surface area contributed by atoms with Crippen molar-refractivity contribution in [3.63, 3.8) is 0 Å². The largest absolute Gasteiger partial charge is 4.00 e. The predicted octanol–water partition coefficient (Wildman–Crippen LogP) is -3.16. The van der Waals surface area contributed by atoms with Gasteiger partial charge in [0.15, 0.2) is 0 Å². The number of hydrogen-bond acceptors (Lipinski definition) is 8. The molecule has 0 radical (unpaired) electrons. The second kappa shape index (κ2) is 9.39. The Morgan fingerprint density at radius 3 is 1.07 bits per heavy atom. The first-order chi connectivity index (χ1) is 6.12. The Labute approximate surface area is 105 Å². The van der Waals surface area contributed by atoms with Gasteiger partial charge in [0, 0.05) is 0 Å². The van der Waals surface area contributed by atoms with Gasteiger partial charge in [0.2, 0.25) is 0 Å². The van der Waals surface area contributed by atoms with Crippen molar-refractivity contribution in [3.05, 3.63) is 0 Å². The molecule has 80 valence electrons. The van der Waals surface area contributed by atoms with Crippen molar-refractivity contribution in [2.24, 2.45) is 0 Å². The maximum absolute atomic E-state index is 9.48. The number of nitrogens with zero attached hydrogens (tertiary/aromatic N) is 2. The van der Waals surface area contributed by atoms with E-state index in [4.69, 9.17) is 10.5 Å². The zero-order valence-corrected chi connectivity index (χ0v) is 11.4. The molecule has 0 bridgehead atoms. The number of rotatable bonds is 2. The molecule has 0 aliphatic heterocycles. The minimum Gasteiger partial charge on any atom is -0.810 e. The molecule has 15 heavy (non-hydrogen) atoms. The van der Waals surface area contributed by atoms with Gasteiger partial charge in [0.1, 0.15) is 0 Å². The van der Waals surface area contributed by atoms with Crippen LogP contribution in [0.25, 0.3) is 0 Å². The normalized spacial score (nSPS) is 9.73. The minimum atomic E-state index is -4.53. The molecule has 0 aromatic rings. The van der Waals surface area contributed by atoms with Crippen LogP contribution in [-0.2, 0) is 35.3 Å². The van der Waals surface area contributed by atoms with Crippen LogP contribution in [0.5, 0.6) is 0 Å². The van der Waals surface area contributed by atoms with E-state index in [0.29, 0.717) is 0 Å². The van der Waals surface area contributed by atoms with Crippen LogP contribution < -0.4 is 19.6 Å². The van der Waals surface area contributed by atoms with Gasteiger partial charge in [-0.25, -0.2) is 0 Å². The summed E-state index contributed by atoms with van der Waals surface area (Å²) in [6.07, 6.45) is -1.82. The van der Waals surface area contributed by atoms with Gasteiger partial charge < -0.3 is 28.7 Å². The van der Waals surface area contributed by atoms with Crippen molar-refractivity contribution < 1.29 is 54.9 Å². The molecule has 0 heterocycles. The molecular weight excluding hydrogens is 325 g/mol. The van der Waals surface area contributed by atoms with E-state index in [1.54, 1.807) is 0 Å². The van der Waals surface area contributed by atoms with Crippen LogP contribution in [0.2, 0.25) is 0 Å². The van der Waals surface area contributed by atoms with Crippen molar-refractivity contribution in [2.75, 3.05) is 12.3 Å². The third-order valence-corrected chi connectivity index (χ3v) is 1.59. The molecule has 0 spiro atoms. The van der Waals surface area contributed by atoms with Crippen LogP contribution in [0, 0.1) is 22.7 Å². The van der Waals surface area contributed by atoms with Gasteiger partial charge in [-0.2, -0.15) is 10.5 Å². The van der Waals surface area contributed by atoms with Crippen molar-refractivity contribution in [1.29, 1.82) is 10.5 Å². The fourth-order valence-electron chi connectivity index (χ4n) is 0.173. The minimum absolute atomic E-state index is 0. The van der Waals surface area contributed by atoms with Crippen LogP contribution in [0.15, 0.2) is 0 Å². The predicted molar refractivity (Wildman–Crippen MR) is 36.2 cm³/mol. The molecule has 0 unspecified atom stereocenters. The molecule has 11 heteroatoms. The van der Waals surface area contributed by atoms with E-state index >= 15 is 0 Å². The summed E-state index contributed by atoms with van der Waals surface area (Å²) in [6.45, 7) is 0. The smallest absolute Gasteiger partial charge is 0.810 e. The van der Waals surface area contributed by atoms with E-state index < -0.39 is 27.5 Å². The topological polar surface area (TPSA) is 174 Å². The molecule has 0 atom stereocenters. The molecule has 0 aliphatic rings. The fourth-order valence-corrected chi connectivity index (χ4v) is 0.520. The first-order valence-corrected chi connectivity index (χ1v) is 6.34. The number of hydrogen-bond donors (Lipinski definition) is 0. The summed E-state index contributed by atoms with van der Waals surface area (Å²) in [5, 5.41) is 15.2. The second-order valence-corrected chi connectivity index (χ2v) is 4.93. The van der Waals surface area contributed by atoms with E-state index in [2.05, 4.69) is 0 Å². The summed E-state index contributed by atoms with van der Waals surface area (Å²) in [5.41, 5.74) is 0. The van der Waals surface area contributed by atoms with Gasteiger partial charge in [-0.1, -0.05) is 15.2 Å². The molecule has 0 aliphatic carbocycles. The molecule has 8 nitrogen and oxygen atoms in total. The van der Waals surface area contributed by atoms with Gasteiger partial charge in [0.05, 0.1) is 24.5 Å². The van der Waals surface area contributed by atoms with E-state index in [0.717, 1.165) is 0 Å². The quantitative estimate of drug-likeness (QED) is 0.477. The molecule has 0 fully saturated rings. The fraction of sp³-hybridized carbons (Fsp3) is 0.500. The summed E-state index contributed by atoms with van der Waals surface area (Å²) in [7, 11) is -9.05. The van der Waals surface area contributed by atoms with E-state index in [-0.39, 0.29) is 26.2 Å². The molecule has 0 rings (SSSR count). The van der Waals surface area contributed by atoms with Crippen molar-refractivity contribution in [2.45, 2.75) is 0 Å². The summed E-state index contributed by atoms with van der Waals surface area (Å²) in [6, 6.07) is 2.44. The maximum atomic E-state index is 9.48. The Bertz CT molecular complexity index is 300. The van der Waals surface area contributed by atoms with Crippen LogP contribution >= 0.6 is 15.2 Å². The third kappa shape index (κ3) is 31.4. The summed E-state index contributed by atoms with van der Waals surface area (Å²) >= 11 is 0. The standard InChI is InChI=1S/2C2H4NO3P.Zr/c2*3-1-2-7(4,5)6;/h2*2H2,(H2,4,5,6);/q;;+4/p-4. The molecule has 0 aromatic heterocycles. The summed E-state index contributed by atoms with van der Waals surface area (Å²) < 4.78 is 19.0. The van der Waals surface area contributed by atoms with Crippen LogP contribution in [0.3, 0.4) is 0 Å². The Hall–Kier alpha value is 0.163. The summed E-state index contributed by atoms with van der Waals surface area (Å²) in [4.78, 5) is 37.9.